The summed E-state index contributed by atoms with van der Waals surface area (Å²) in [4.78, 5) is 0. The number of benzene rings is 1. The van der Waals surface area contributed by atoms with Crippen LogP contribution >= 0.6 is 0 Å². The van der Waals surface area contributed by atoms with Crippen LogP contribution in [0, 0.1) is 0 Å². The molecule has 1 aromatic carbocycles. The first-order valence-corrected chi connectivity index (χ1v) is 6.26. The van der Waals surface area contributed by atoms with E-state index in [2.05, 4.69) is 0 Å². The maximum atomic E-state index is 11.4. The summed E-state index contributed by atoms with van der Waals surface area (Å²) in [6.45, 7) is 1.78. The summed E-state index contributed by atoms with van der Waals surface area (Å²) in [6, 6.07) is 7.00. The fourth-order valence-electron chi connectivity index (χ4n) is 1.56. The minimum atomic E-state index is -3.58. The van der Waals surface area contributed by atoms with Gasteiger partial charge in [-0.1, -0.05) is 25.1 Å². The van der Waals surface area contributed by atoms with Gasteiger partial charge in [-0.2, -0.15) is 0 Å². The molecule has 2 N–H and O–H groups in total. The molecule has 0 saturated heterocycles. The summed E-state index contributed by atoms with van der Waals surface area (Å²) in [7, 11) is -2.07. The minimum absolute atomic E-state index is 0.430. The molecule has 1 rings (SSSR count). The number of methoxy groups -OCH3 is 1. The van der Waals surface area contributed by atoms with Crippen LogP contribution in [-0.2, 0) is 10.0 Å². The molecular formula is C10H15NO3S. The molecule has 0 aliphatic rings. The Morgan fingerprint density at radius 3 is 2.47 bits per heavy atom. The Hall–Kier alpha value is -1.07. The molecule has 1 aromatic rings. The zero-order valence-corrected chi connectivity index (χ0v) is 9.62. The van der Waals surface area contributed by atoms with E-state index in [1.807, 2.05) is 0 Å². The van der Waals surface area contributed by atoms with Crippen molar-refractivity contribution in [1.29, 1.82) is 0 Å². The molecule has 0 heterocycles. The van der Waals surface area contributed by atoms with Gasteiger partial charge in [-0.15, -0.1) is 0 Å². The van der Waals surface area contributed by atoms with Gasteiger partial charge in [-0.3, -0.25) is 0 Å². The number of hydrogen-bond acceptors (Lipinski definition) is 3. The number of hydrogen-bond donors (Lipinski definition) is 1. The highest BCUT2D eigenvalue weighted by Gasteiger charge is 2.24. The number of ether oxygens (including phenoxy) is 1. The zero-order chi connectivity index (χ0) is 11.5. The van der Waals surface area contributed by atoms with E-state index in [9.17, 15) is 8.42 Å². The monoisotopic (exact) mass is 229 g/mol. The third-order valence-electron chi connectivity index (χ3n) is 2.25. The summed E-state index contributed by atoms with van der Waals surface area (Å²) in [5.41, 5.74) is 0.616. The Kier molecular flexibility index (Phi) is 3.71. The third kappa shape index (κ3) is 2.70. The van der Waals surface area contributed by atoms with Crippen molar-refractivity contribution in [3.63, 3.8) is 0 Å². The van der Waals surface area contributed by atoms with Crippen LogP contribution in [0.15, 0.2) is 24.3 Å². The second-order valence-electron chi connectivity index (χ2n) is 3.23. The molecule has 5 heteroatoms. The van der Waals surface area contributed by atoms with Gasteiger partial charge in [0.2, 0.25) is 10.0 Å². The van der Waals surface area contributed by atoms with E-state index in [0.717, 1.165) is 0 Å². The van der Waals surface area contributed by atoms with Crippen molar-refractivity contribution >= 4 is 10.0 Å². The first-order chi connectivity index (χ1) is 7.00. The molecule has 84 valence electrons. The van der Waals surface area contributed by atoms with Crippen LogP contribution in [0.2, 0.25) is 0 Å². The highest BCUT2D eigenvalue weighted by atomic mass is 32.2. The molecule has 1 atom stereocenters. The Labute approximate surface area is 90.1 Å². The lowest BCUT2D eigenvalue weighted by Gasteiger charge is -2.15. The summed E-state index contributed by atoms with van der Waals surface area (Å²) >= 11 is 0. The van der Waals surface area contributed by atoms with Gasteiger partial charge in [-0.25, -0.2) is 13.6 Å². The molecule has 4 nitrogen and oxygen atoms in total. The van der Waals surface area contributed by atoms with Crippen LogP contribution in [0.1, 0.15) is 24.2 Å². The number of para-hydroxylation sites is 1. The predicted octanol–water partition coefficient (Wildman–Crippen LogP) is 1.43. The topological polar surface area (TPSA) is 69.4 Å². The van der Waals surface area contributed by atoms with E-state index in [1.54, 1.807) is 31.2 Å². The Balaban J connectivity index is 3.24. The van der Waals surface area contributed by atoms with Crippen LogP contribution in [0.5, 0.6) is 5.75 Å². The molecule has 0 aromatic heterocycles. The summed E-state index contributed by atoms with van der Waals surface area (Å²) in [5, 5.41) is 4.46. The van der Waals surface area contributed by atoms with Gasteiger partial charge >= 0.3 is 0 Å². The van der Waals surface area contributed by atoms with E-state index in [0.29, 0.717) is 17.7 Å². The molecule has 0 aliphatic heterocycles. The minimum Gasteiger partial charge on any atom is -0.496 e. The first-order valence-electron chi connectivity index (χ1n) is 4.65. The second-order valence-corrected chi connectivity index (χ2v) is 4.97. The van der Waals surface area contributed by atoms with Crippen molar-refractivity contribution in [1.82, 2.24) is 0 Å². The molecule has 0 spiro atoms. The van der Waals surface area contributed by atoms with E-state index in [1.165, 1.54) is 7.11 Å². The summed E-state index contributed by atoms with van der Waals surface area (Å²) < 4.78 is 27.8. The summed E-state index contributed by atoms with van der Waals surface area (Å²) in [5.74, 6) is 0.554. The zero-order valence-electron chi connectivity index (χ0n) is 8.80. The second kappa shape index (κ2) is 4.63. The van der Waals surface area contributed by atoms with Gasteiger partial charge in [0.15, 0.2) is 0 Å². The van der Waals surface area contributed by atoms with Crippen LogP contribution in [0.4, 0.5) is 0 Å². The van der Waals surface area contributed by atoms with Gasteiger partial charge in [0, 0.05) is 5.56 Å². The maximum Gasteiger partial charge on any atom is 0.216 e. The fourth-order valence-corrected chi connectivity index (χ4v) is 2.57. The van der Waals surface area contributed by atoms with Crippen molar-refractivity contribution in [2.75, 3.05) is 7.11 Å². The van der Waals surface area contributed by atoms with Gasteiger partial charge in [0.25, 0.3) is 0 Å². The number of sulfonamides is 1. The Morgan fingerprint density at radius 1 is 1.40 bits per heavy atom. The SMILES string of the molecule is CCC(c1ccccc1OC)S(N)(=O)=O. The van der Waals surface area contributed by atoms with Crippen molar-refractivity contribution in [3.8, 4) is 5.75 Å². The largest absolute Gasteiger partial charge is 0.496 e. The van der Waals surface area contributed by atoms with E-state index >= 15 is 0 Å². The van der Waals surface area contributed by atoms with Crippen LogP contribution < -0.4 is 9.88 Å². The van der Waals surface area contributed by atoms with Crippen molar-refractivity contribution in [2.24, 2.45) is 5.14 Å². The maximum absolute atomic E-state index is 11.4. The summed E-state index contributed by atoms with van der Waals surface area (Å²) in [6.07, 6.45) is 0.430. The van der Waals surface area contributed by atoms with Crippen molar-refractivity contribution in [2.45, 2.75) is 18.6 Å². The molecule has 0 fully saturated rings. The van der Waals surface area contributed by atoms with Gasteiger partial charge in [-0.05, 0) is 12.5 Å². The van der Waals surface area contributed by atoms with Gasteiger partial charge in [0.1, 0.15) is 11.0 Å². The fraction of sp³-hybridized carbons (Fsp3) is 0.400. The smallest absolute Gasteiger partial charge is 0.216 e. The number of rotatable bonds is 4. The highest BCUT2D eigenvalue weighted by molar-refractivity contribution is 7.89. The van der Waals surface area contributed by atoms with Gasteiger partial charge < -0.3 is 4.74 Å². The lowest BCUT2D eigenvalue weighted by atomic mass is 10.1. The quantitative estimate of drug-likeness (QED) is 0.849. The number of primary sulfonamides is 1. The standard InChI is InChI=1S/C10H15NO3S/c1-3-10(15(11,12)13)8-6-4-5-7-9(8)14-2/h4-7,10H,3H2,1-2H3,(H2,11,12,13). The van der Waals surface area contributed by atoms with Crippen LogP contribution in [0.3, 0.4) is 0 Å². The average Bonchev–Trinajstić information content (AvgIpc) is 2.17. The van der Waals surface area contributed by atoms with Crippen molar-refractivity contribution in [3.05, 3.63) is 29.8 Å². The molecule has 1 unspecified atom stereocenters. The molecule has 0 saturated carbocycles. The van der Waals surface area contributed by atoms with E-state index < -0.39 is 15.3 Å². The highest BCUT2D eigenvalue weighted by Crippen LogP contribution is 2.31. The van der Waals surface area contributed by atoms with Crippen LogP contribution in [-0.4, -0.2) is 15.5 Å². The Morgan fingerprint density at radius 2 is 2.00 bits per heavy atom. The molecule has 0 bridgehead atoms. The van der Waals surface area contributed by atoms with Gasteiger partial charge in [0.05, 0.1) is 7.11 Å². The predicted molar refractivity (Wildman–Crippen MR) is 59.1 cm³/mol. The van der Waals surface area contributed by atoms with E-state index in [-0.39, 0.29) is 0 Å². The molecular weight excluding hydrogens is 214 g/mol. The van der Waals surface area contributed by atoms with Crippen molar-refractivity contribution < 1.29 is 13.2 Å². The first kappa shape index (κ1) is 12.0. The molecule has 0 amide bonds. The Bertz CT molecular complexity index is 428. The lowest BCUT2D eigenvalue weighted by molar-refractivity contribution is 0.408. The lowest BCUT2D eigenvalue weighted by Crippen LogP contribution is -2.21. The number of nitrogens with two attached hydrogens (primary N) is 1. The third-order valence-corrected chi connectivity index (χ3v) is 3.63. The average molecular weight is 229 g/mol. The molecule has 15 heavy (non-hydrogen) atoms. The molecule has 0 radical (unpaired) electrons. The van der Waals surface area contributed by atoms with Crippen LogP contribution in [0.25, 0.3) is 0 Å². The van der Waals surface area contributed by atoms with E-state index in [4.69, 9.17) is 9.88 Å². The normalized spacial score (nSPS) is 13.5. The molecule has 0 aliphatic carbocycles.